The van der Waals surface area contributed by atoms with Gasteiger partial charge in [-0.1, -0.05) is 18.2 Å². The fourth-order valence-corrected chi connectivity index (χ4v) is 3.33. The number of hydrogen-bond donors (Lipinski definition) is 2. The van der Waals surface area contributed by atoms with E-state index in [9.17, 15) is 18.3 Å². The van der Waals surface area contributed by atoms with Crippen molar-refractivity contribution in [3.05, 3.63) is 29.8 Å². The summed E-state index contributed by atoms with van der Waals surface area (Å²) in [5.41, 5.74) is 0.562. The second-order valence-electron chi connectivity index (χ2n) is 6.69. The van der Waals surface area contributed by atoms with Crippen LogP contribution in [0.15, 0.2) is 29.3 Å². The fraction of sp³-hybridized carbons (Fsp3) is 0.611. The van der Waals surface area contributed by atoms with Crippen LogP contribution in [0.1, 0.15) is 37.7 Å². The van der Waals surface area contributed by atoms with Crippen LogP contribution in [0.5, 0.6) is 5.75 Å². The number of para-hydroxylation sites is 1. The van der Waals surface area contributed by atoms with Crippen molar-refractivity contribution in [2.45, 2.75) is 50.6 Å². The Bertz CT molecular complexity index is 643. The number of benzene rings is 1. The number of nitrogens with zero attached hydrogens (tertiary/aromatic N) is 2. The van der Waals surface area contributed by atoms with Crippen LogP contribution in [0.2, 0.25) is 0 Å². The monoisotopic (exact) mass is 371 g/mol. The summed E-state index contributed by atoms with van der Waals surface area (Å²) in [5, 5.41) is 13.0. The molecule has 1 aromatic carbocycles. The molecule has 2 aliphatic rings. The van der Waals surface area contributed by atoms with E-state index in [0.717, 1.165) is 25.5 Å². The van der Waals surface area contributed by atoms with Gasteiger partial charge in [-0.3, -0.25) is 4.99 Å². The number of likely N-dealkylation sites (tertiary alicyclic amines) is 1. The van der Waals surface area contributed by atoms with E-state index in [0.29, 0.717) is 24.9 Å². The van der Waals surface area contributed by atoms with E-state index in [4.69, 9.17) is 0 Å². The Hall–Kier alpha value is -1.96. The summed E-state index contributed by atoms with van der Waals surface area (Å²) in [6, 6.07) is 6.33. The molecule has 1 heterocycles. The average molecular weight is 371 g/mol. The molecule has 3 rings (SSSR count). The molecule has 0 spiro atoms. The molecule has 26 heavy (non-hydrogen) atoms. The van der Waals surface area contributed by atoms with Crippen LogP contribution in [0.4, 0.5) is 13.2 Å². The van der Waals surface area contributed by atoms with Crippen LogP contribution in [-0.2, 0) is 0 Å². The summed E-state index contributed by atoms with van der Waals surface area (Å²) in [4.78, 5) is 6.60. The molecule has 1 aliphatic heterocycles. The first-order valence-electron chi connectivity index (χ1n) is 8.96. The Kier molecular flexibility index (Phi) is 5.60. The maximum Gasteiger partial charge on any atom is 0.573 e. The maximum absolute atomic E-state index is 12.6. The lowest BCUT2D eigenvalue weighted by molar-refractivity contribution is -0.274. The summed E-state index contributed by atoms with van der Waals surface area (Å²) < 4.78 is 42.0. The topological polar surface area (TPSA) is 57.1 Å². The number of halogens is 3. The van der Waals surface area contributed by atoms with Gasteiger partial charge in [-0.15, -0.1) is 13.2 Å². The maximum atomic E-state index is 12.6. The average Bonchev–Trinajstić information content (AvgIpc) is 3.33. The molecular formula is C18H24F3N3O2. The Balaban J connectivity index is 1.65. The number of aliphatic hydroxyl groups is 1. The van der Waals surface area contributed by atoms with E-state index in [2.05, 4.69) is 19.9 Å². The molecule has 1 aliphatic carbocycles. The van der Waals surface area contributed by atoms with Crippen LogP contribution < -0.4 is 10.1 Å². The van der Waals surface area contributed by atoms with Crippen molar-refractivity contribution in [1.29, 1.82) is 0 Å². The Morgan fingerprint density at radius 2 is 2.00 bits per heavy atom. The highest BCUT2D eigenvalue weighted by molar-refractivity contribution is 5.81. The summed E-state index contributed by atoms with van der Waals surface area (Å²) in [5.74, 6) is 0.594. The highest BCUT2D eigenvalue weighted by Crippen LogP contribution is 2.45. The molecule has 2 atom stereocenters. The van der Waals surface area contributed by atoms with Gasteiger partial charge in [0.2, 0.25) is 0 Å². The minimum atomic E-state index is -4.70. The van der Waals surface area contributed by atoms with Crippen LogP contribution in [-0.4, -0.2) is 54.1 Å². The van der Waals surface area contributed by atoms with Crippen molar-refractivity contribution in [1.82, 2.24) is 10.2 Å². The Morgan fingerprint density at radius 3 is 2.65 bits per heavy atom. The number of aliphatic hydroxyl groups excluding tert-OH is 1. The molecule has 1 saturated carbocycles. The van der Waals surface area contributed by atoms with Gasteiger partial charge < -0.3 is 20.1 Å². The Morgan fingerprint density at radius 1 is 1.31 bits per heavy atom. The first-order chi connectivity index (χ1) is 12.4. The summed E-state index contributed by atoms with van der Waals surface area (Å²) in [6.07, 6.45) is -2.84. The highest BCUT2D eigenvalue weighted by Gasteiger charge is 2.43. The lowest BCUT2D eigenvalue weighted by atomic mass is 10.1. The standard InChI is InChI=1S/C18H24F3N3O2/c1-2-22-17(24-9-7-12(25)8-10-24)23-15-11-14(15)13-5-3-4-6-16(13)26-18(19,20)21/h3-6,12,14-15,25H,2,7-11H2,1H3,(H,22,23). The van der Waals surface area contributed by atoms with Gasteiger partial charge in [-0.05, 0) is 37.8 Å². The Labute approximate surface area is 150 Å². The lowest BCUT2D eigenvalue weighted by Gasteiger charge is -2.32. The summed E-state index contributed by atoms with van der Waals surface area (Å²) >= 11 is 0. The zero-order chi connectivity index (χ0) is 18.7. The quantitative estimate of drug-likeness (QED) is 0.631. The predicted octanol–water partition coefficient (Wildman–Crippen LogP) is 2.86. The first-order valence-corrected chi connectivity index (χ1v) is 8.96. The third-order valence-corrected chi connectivity index (χ3v) is 4.72. The number of aliphatic imine (C=N–C) groups is 1. The minimum absolute atomic E-state index is 0.0325. The molecule has 0 amide bonds. The summed E-state index contributed by atoms with van der Waals surface area (Å²) in [7, 11) is 0. The molecule has 0 bridgehead atoms. The molecule has 144 valence electrons. The summed E-state index contributed by atoms with van der Waals surface area (Å²) in [6.45, 7) is 4.00. The van der Waals surface area contributed by atoms with Crippen LogP contribution in [0.3, 0.4) is 0 Å². The van der Waals surface area contributed by atoms with Crippen molar-refractivity contribution in [2.24, 2.45) is 4.99 Å². The van der Waals surface area contributed by atoms with Crippen LogP contribution in [0, 0.1) is 0 Å². The molecule has 5 nitrogen and oxygen atoms in total. The van der Waals surface area contributed by atoms with Gasteiger partial charge in [0.05, 0.1) is 6.10 Å². The zero-order valence-corrected chi connectivity index (χ0v) is 14.7. The zero-order valence-electron chi connectivity index (χ0n) is 14.7. The van der Waals surface area contributed by atoms with Gasteiger partial charge in [0.1, 0.15) is 5.75 Å². The van der Waals surface area contributed by atoms with Crippen molar-refractivity contribution >= 4 is 5.96 Å². The molecule has 0 radical (unpaired) electrons. The largest absolute Gasteiger partial charge is 0.573 e. The second-order valence-corrected chi connectivity index (χ2v) is 6.69. The van der Waals surface area contributed by atoms with E-state index < -0.39 is 6.36 Å². The molecule has 0 aromatic heterocycles. The third-order valence-electron chi connectivity index (χ3n) is 4.72. The molecular weight excluding hydrogens is 347 g/mol. The van der Waals surface area contributed by atoms with Crippen LogP contribution >= 0.6 is 0 Å². The van der Waals surface area contributed by atoms with Gasteiger partial charge in [-0.25, -0.2) is 0 Å². The number of ether oxygens (including phenoxy) is 1. The lowest BCUT2D eigenvalue weighted by Crippen LogP contribution is -2.47. The van der Waals surface area contributed by atoms with Gasteiger partial charge in [0, 0.05) is 31.6 Å². The third kappa shape index (κ3) is 4.81. The van der Waals surface area contributed by atoms with E-state index in [-0.39, 0.29) is 23.8 Å². The smallest absolute Gasteiger partial charge is 0.405 e. The van der Waals surface area contributed by atoms with E-state index >= 15 is 0 Å². The molecule has 2 unspecified atom stereocenters. The van der Waals surface area contributed by atoms with Crippen molar-refractivity contribution < 1.29 is 23.0 Å². The van der Waals surface area contributed by atoms with Gasteiger partial charge >= 0.3 is 6.36 Å². The number of alkyl halides is 3. The molecule has 2 fully saturated rings. The predicted molar refractivity (Wildman–Crippen MR) is 92.2 cm³/mol. The van der Waals surface area contributed by atoms with Crippen molar-refractivity contribution in [2.75, 3.05) is 19.6 Å². The first kappa shape index (κ1) is 18.8. The van der Waals surface area contributed by atoms with Crippen molar-refractivity contribution in [3.63, 3.8) is 0 Å². The molecule has 2 N–H and O–H groups in total. The van der Waals surface area contributed by atoms with Crippen LogP contribution in [0.25, 0.3) is 0 Å². The number of nitrogens with one attached hydrogen (secondary N) is 1. The van der Waals surface area contributed by atoms with Crippen molar-refractivity contribution in [3.8, 4) is 5.75 Å². The van der Waals surface area contributed by atoms with E-state index in [1.807, 2.05) is 6.92 Å². The fourth-order valence-electron chi connectivity index (χ4n) is 3.33. The molecule has 1 aromatic rings. The van der Waals surface area contributed by atoms with Gasteiger partial charge in [0.15, 0.2) is 5.96 Å². The van der Waals surface area contributed by atoms with E-state index in [1.54, 1.807) is 18.2 Å². The molecule has 8 heteroatoms. The highest BCUT2D eigenvalue weighted by atomic mass is 19.4. The number of rotatable bonds is 4. The SMILES string of the molecule is CCN=C(NC1CC1c1ccccc1OC(F)(F)F)N1CCC(O)CC1. The number of piperidine rings is 1. The van der Waals surface area contributed by atoms with E-state index in [1.165, 1.54) is 6.07 Å². The molecule has 1 saturated heterocycles. The normalized spacial score (nSPS) is 24.5. The van der Waals surface area contributed by atoms with Gasteiger partial charge in [-0.2, -0.15) is 0 Å². The van der Waals surface area contributed by atoms with Gasteiger partial charge in [0.25, 0.3) is 0 Å². The second kappa shape index (κ2) is 7.73. The minimum Gasteiger partial charge on any atom is -0.405 e. The number of guanidine groups is 1. The number of hydrogen-bond acceptors (Lipinski definition) is 3.